The van der Waals surface area contributed by atoms with Gasteiger partial charge in [0.15, 0.2) is 20.4 Å². The summed E-state index contributed by atoms with van der Waals surface area (Å²) in [5.41, 5.74) is 0.937. The van der Waals surface area contributed by atoms with E-state index in [1.165, 1.54) is 7.05 Å². The summed E-state index contributed by atoms with van der Waals surface area (Å²) in [5.74, 6) is 0. The lowest BCUT2D eigenvalue weighted by atomic mass is 10.5. The summed E-state index contributed by atoms with van der Waals surface area (Å²) in [6, 6.07) is 0. The van der Waals surface area contributed by atoms with E-state index in [0.29, 0.717) is 10.3 Å². The van der Waals surface area contributed by atoms with Crippen molar-refractivity contribution in [2.45, 2.75) is 11.9 Å². The Morgan fingerprint density at radius 2 is 2.19 bits per heavy atom. The molecular formula is C9H12BrN3O2S. The van der Waals surface area contributed by atoms with Gasteiger partial charge >= 0.3 is 0 Å². The average Bonchev–Trinajstić information content (AvgIpc) is 2.14. The average molecular weight is 306 g/mol. The van der Waals surface area contributed by atoms with Crippen molar-refractivity contribution in [1.82, 2.24) is 9.55 Å². The van der Waals surface area contributed by atoms with E-state index in [1.807, 2.05) is 0 Å². The number of allylic oxidation sites excluding steroid dienone is 1. The van der Waals surface area contributed by atoms with Gasteiger partial charge < -0.3 is 4.57 Å². The molecule has 0 spiro atoms. The smallest absolute Gasteiger partial charge is 0.199 e. The first-order chi connectivity index (χ1) is 7.27. The number of halogens is 1. The molecule has 0 aliphatic carbocycles. The largest absolute Gasteiger partial charge is 0.302 e. The molecule has 0 N–H and O–H groups in total. The van der Waals surface area contributed by atoms with E-state index in [9.17, 15) is 8.42 Å². The van der Waals surface area contributed by atoms with Crippen LogP contribution in [0, 0.1) is 0 Å². The summed E-state index contributed by atoms with van der Waals surface area (Å²) in [6.07, 6.45) is 2.72. The Bertz CT molecular complexity index is 602. The molecule has 0 aromatic carbocycles. The lowest BCUT2D eigenvalue weighted by Crippen LogP contribution is -2.27. The molecule has 0 aliphatic heterocycles. The van der Waals surface area contributed by atoms with E-state index in [0.717, 1.165) is 6.26 Å². The molecule has 0 fully saturated rings. The lowest BCUT2D eigenvalue weighted by molar-refractivity contribution is 0.593. The SMILES string of the molecule is C=C(C)n1cc(Br)nc(S(C)(=O)=O)c1=NC. The predicted molar refractivity (Wildman–Crippen MR) is 65.5 cm³/mol. The van der Waals surface area contributed by atoms with E-state index >= 15 is 0 Å². The van der Waals surface area contributed by atoms with Crippen molar-refractivity contribution in [3.05, 3.63) is 22.9 Å². The zero-order chi connectivity index (χ0) is 12.5. The molecular weight excluding hydrogens is 294 g/mol. The Balaban J connectivity index is 3.85. The van der Waals surface area contributed by atoms with Gasteiger partial charge in [-0.1, -0.05) is 6.58 Å². The minimum absolute atomic E-state index is 0.0626. The third-order valence-electron chi connectivity index (χ3n) is 1.84. The van der Waals surface area contributed by atoms with Crippen molar-refractivity contribution >= 4 is 31.5 Å². The van der Waals surface area contributed by atoms with Crippen molar-refractivity contribution in [3.8, 4) is 0 Å². The summed E-state index contributed by atoms with van der Waals surface area (Å²) >= 11 is 3.16. The molecule has 0 amide bonds. The molecule has 0 unspecified atom stereocenters. The summed E-state index contributed by atoms with van der Waals surface area (Å²) < 4.78 is 25.1. The van der Waals surface area contributed by atoms with Gasteiger partial charge in [0.05, 0.1) is 0 Å². The molecule has 1 heterocycles. The van der Waals surface area contributed by atoms with E-state index in [-0.39, 0.29) is 10.5 Å². The topological polar surface area (TPSA) is 64.3 Å². The van der Waals surface area contributed by atoms with E-state index in [4.69, 9.17) is 0 Å². The molecule has 0 aliphatic rings. The molecule has 88 valence electrons. The highest BCUT2D eigenvalue weighted by Gasteiger charge is 2.15. The minimum atomic E-state index is -3.42. The van der Waals surface area contributed by atoms with E-state index in [1.54, 1.807) is 17.7 Å². The molecule has 1 aromatic rings. The van der Waals surface area contributed by atoms with E-state index < -0.39 is 9.84 Å². The van der Waals surface area contributed by atoms with Gasteiger partial charge in [-0.3, -0.25) is 4.99 Å². The van der Waals surface area contributed by atoms with Crippen LogP contribution in [0.15, 0.2) is 27.4 Å². The lowest BCUT2D eigenvalue weighted by Gasteiger charge is -2.09. The Kier molecular flexibility index (Phi) is 3.69. The summed E-state index contributed by atoms with van der Waals surface area (Å²) in [5, 5.41) is -0.0626. The zero-order valence-electron chi connectivity index (χ0n) is 9.23. The number of rotatable bonds is 2. The highest BCUT2D eigenvalue weighted by atomic mass is 79.9. The van der Waals surface area contributed by atoms with Crippen LogP contribution in [0.5, 0.6) is 0 Å². The van der Waals surface area contributed by atoms with Crippen LogP contribution in [0.4, 0.5) is 0 Å². The normalized spacial score (nSPS) is 12.9. The van der Waals surface area contributed by atoms with Crippen LogP contribution in [-0.2, 0) is 9.84 Å². The van der Waals surface area contributed by atoms with Gasteiger partial charge in [0.2, 0.25) is 0 Å². The van der Waals surface area contributed by atoms with Crippen LogP contribution < -0.4 is 5.49 Å². The molecule has 0 bridgehead atoms. The second-order valence-corrected chi connectivity index (χ2v) is 6.04. The van der Waals surface area contributed by atoms with Gasteiger partial charge in [-0.15, -0.1) is 0 Å². The van der Waals surface area contributed by atoms with Crippen LogP contribution in [0.3, 0.4) is 0 Å². The van der Waals surface area contributed by atoms with Gasteiger partial charge in [0.25, 0.3) is 0 Å². The first-order valence-corrected chi connectivity index (χ1v) is 7.03. The van der Waals surface area contributed by atoms with Gasteiger partial charge in [-0.2, -0.15) is 0 Å². The predicted octanol–water partition coefficient (Wildman–Crippen LogP) is 1.07. The third kappa shape index (κ3) is 2.59. The monoisotopic (exact) mass is 305 g/mol. The number of sulfone groups is 1. The van der Waals surface area contributed by atoms with Gasteiger partial charge in [-0.05, 0) is 22.9 Å². The van der Waals surface area contributed by atoms with E-state index in [2.05, 4.69) is 32.5 Å². The fourth-order valence-corrected chi connectivity index (χ4v) is 2.47. The van der Waals surface area contributed by atoms with Crippen LogP contribution in [0.25, 0.3) is 5.70 Å². The van der Waals surface area contributed by atoms with Crippen LogP contribution >= 0.6 is 15.9 Å². The summed E-state index contributed by atoms with van der Waals surface area (Å²) in [6.45, 7) is 5.51. The van der Waals surface area contributed by atoms with Crippen molar-refractivity contribution in [2.24, 2.45) is 4.99 Å². The third-order valence-corrected chi connectivity index (χ3v) is 3.20. The van der Waals surface area contributed by atoms with Crippen molar-refractivity contribution in [1.29, 1.82) is 0 Å². The molecule has 7 heteroatoms. The number of aromatic nitrogens is 2. The van der Waals surface area contributed by atoms with Crippen LogP contribution in [0.2, 0.25) is 0 Å². The maximum absolute atomic E-state index is 11.6. The van der Waals surface area contributed by atoms with Crippen LogP contribution in [-0.4, -0.2) is 31.3 Å². The first kappa shape index (κ1) is 13.1. The summed E-state index contributed by atoms with van der Waals surface area (Å²) in [4.78, 5) is 7.87. The standard InChI is InChI=1S/C9H12BrN3O2S/c1-6(2)13-5-7(10)12-9(8(13)11-3)16(4,14)15/h5H,1H2,2-4H3. The van der Waals surface area contributed by atoms with Crippen molar-refractivity contribution in [2.75, 3.05) is 13.3 Å². The Labute approximate surface area is 103 Å². The molecule has 0 saturated heterocycles. The Morgan fingerprint density at radius 3 is 2.56 bits per heavy atom. The number of hydrogen-bond donors (Lipinski definition) is 0. The Morgan fingerprint density at radius 1 is 1.62 bits per heavy atom. The maximum atomic E-state index is 11.6. The number of nitrogens with zero attached hydrogens (tertiary/aromatic N) is 3. The second kappa shape index (κ2) is 4.50. The first-order valence-electron chi connectivity index (χ1n) is 4.35. The van der Waals surface area contributed by atoms with Gasteiger partial charge in [0, 0.05) is 25.2 Å². The fourth-order valence-electron chi connectivity index (χ4n) is 1.19. The van der Waals surface area contributed by atoms with Crippen LogP contribution in [0.1, 0.15) is 6.92 Å². The summed E-state index contributed by atoms with van der Waals surface area (Å²) in [7, 11) is -1.91. The van der Waals surface area contributed by atoms with Gasteiger partial charge in [0.1, 0.15) is 4.60 Å². The zero-order valence-corrected chi connectivity index (χ0v) is 11.6. The highest BCUT2D eigenvalue weighted by Crippen LogP contribution is 2.09. The maximum Gasteiger partial charge on any atom is 0.199 e. The molecule has 0 atom stereocenters. The molecule has 16 heavy (non-hydrogen) atoms. The molecule has 0 saturated carbocycles. The second-order valence-electron chi connectivity index (χ2n) is 3.29. The molecule has 5 nitrogen and oxygen atoms in total. The number of hydrogen-bond acceptors (Lipinski definition) is 4. The minimum Gasteiger partial charge on any atom is -0.302 e. The highest BCUT2D eigenvalue weighted by molar-refractivity contribution is 9.10. The quantitative estimate of drug-likeness (QED) is 0.821. The Hall–Kier alpha value is -0.950. The van der Waals surface area contributed by atoms with Crippen molar-refractivity contribution < 1.29 is 8.42 Å². The fraction of sp³-hybridized carbons (Fsp3) is 0.333. The molecule has 1 aromatic heterocycles. The molecule has 0 radical (unpaired) electrons. The van der Waals surface area contributed by atoms with Crippen molar-refractivity contribution in [3.63, 3.8) is 0 Å². The molecule has 1 rings (SSSR count). The van der Waals surface area contributed by atoms with Gasteiger partial charge in [-0.25, -0.2) is 13.4 Å².